The van der Waals surface area contributed by atoms with Crippen LogP contribution >= 0.6 is 27.9 Å². The molecular formula is C10H12BrNOS. The van der Waals surface area contributed by atoms with E-state index in [1.54, 1.807) is 11.9 Å². The average molecular weight is 274 g/mol. The van der Waals surface area contributed by atoms with Crippen LogP contribution in [-0.4, -0.2) is 28.6 Å². The normalized spacial score (nSPS) is 22.9. The van der Waals surface area contributed by atoms with Gasteiger partial charge in [0.05, 0.1) is 6.10 Å². The number of rotatable bonds is 2. The molecule has 1 unspecified atom stereocenters. The Hall–Kier alpha value is -0.0300. The molecule has 4 heteroatoms. The standard InChI is InChI=1S/C10H12BrNOS/c11-8-2-1-3-10(6-8)14-12-5-4-9(13)7-12/h1-3,6,9,13H,4-5,7H2. The Morgan fingerprint density at radius 1 is 1.50 bits per heavy atom. The van der Waals surface area contributed by atoms with Crippen molar-refractivity contribution in [2.24, 2.45) is 0 Å². The molecule has 1 fully saturated rings. The molecule has 1 aliphatic rings. The van der Waals surface area contributed by atoms with Crippen molar-refractivity contribution in [3.05, 3.63) is 28.7 Å². The predicted octanol–water partition coefficient (Wildman–Crippen LogP) is 2.52. The molecule has 0 bridgehead atoms. The van der Waals surface area contributed by atoms with Gasteiger partial charge in [-0.25, -0.2) is 4.31 Å². The Labute approximate surface area is 96.6 Å². The Balaban J connectivity index is 1.97. The van der Waals surface area contributed by atoms with E-state index in [2.05, 4.69) is 32.4 Å². The lowest BCUT2D eigenvalue weighted by Gasteiger charge is -2.13. The van der Waals surface area contributed by atoms with Gasteiger partial charge in [-0.1, -0.05) is 22.0 Å². The van der Waals surface area contributed by atoms with E-state index < -0.39 is 0 Å². The van der Waals surface area contributed by atoms with Gasteiger partial charge in [-0.3, -0.25) is 0 Å². The maximum Gasteiger partial charge on any atom is 0.0689 e. The quantitative estimate of drug-likeness (QED) is 0.838. The van der Waals surface area contributed by atoms with Crippen LogP contribution in [0.15, 0.2) is 33.6 Å². The van der Waals surface area contributed by atoms with Gasteiger partial charge in [0.2, 0.25) is 0 Å². The minimum absolute atomic E-state index is 0.144. The van der Waals surface area contributed by atoms with E-state index in [1.165, 1.54) is 4.90 Å². The molecule has 0 spiro atoms. The van der Waals surface area contributed by atoms with Crippen LogP contribution < -0.4 is 0 Å². The second-order valence-corrected chi connectivity index (χ2v) is 5.47. The minimum Gasteiger partial charge on any atom is -0.392 e. The molecule has 1 saturated heterocycles. The lowest BCUT2D eigenvalue weighted by molar-refractivity contribution is 0.190. The number of aliphatic hydroxyl groups is 1. The summed E-state index contributed by atoms with van der Waals surface area (Å²) in [5.74, 6) is 0. The SMILES string of the molecule is OC1CCN(Sc2cccc(Br)c2)C1. The van der Waals surface area contributed by atoms with Crippen molar-refractivity contribution >= 4 is 27.9 Å². The van der Waals surface area contributed by atoms with E-state index in [0.29, 0.717) is 0 Å². The van der Waals surface area contributed by atoms with Gasteiger partial charge >= 0.3 is 0 Å². The first-order valence-corrected chi connectivity index (χ1v) is 6.17. The Morgan fingerprint density at radius 3 is 3.00 bits per heavy atom. The number of benzene rings is 1. The highest BCUT2D eigenvalue weighted by molar-refractivity contribution is 9.10. The number of nitrogens with zero attached hydrogens (tertiary/aromatic N) is 1. The highest BCUT2D eigenvalue weighted by atomic mass is 79.9. The van der Waals surface area contributed by atoms with Crippen LogP contribution in [-0.2, 0) is 0 Å². The fourth-order valence-electron chi connectivity index (χ4n) is 1.47. The van der Waals surface area contributed by atoms with E-state index in [-0.39, 0.29) is 6.10 Å². The van der Waals surface area contributed by atoms with Gasteiger partial charge in [-0.15, -0.1) is 0 Å². The second-order valence-electron chi connectivity index (χ2n) is 3.38. The van der Waals surface area contributed by atoms with E-state index >= 15 is 0 Å². The highest BCUT2D eigenvalue weighted by Gasteiger charge is 2.20. The van der Waals surface area contributed by atoms with E-state index in [1.807, 2.05) is 12.1 Å². The van der Waals surface area contributed by atoms with Crippen molar-refractivity contribution in [3.8, 4) is 0 Å². The number of hydrogen-bond acceptors (Lipinski definition) is 3. The topological polar surface area (TPSA) is 23.5 Å². The molecule has 0 aliphatic carbocycles. The van der Waals surface area contributed by atoms with Crippen molar-refractivity contribution in [2.45, 2.75) is 17.4 Å². The second kappa shape index (κ2) is 4.66. The number of hydrogen-bond donors (Lipinski definition) is 1. The Kier molecular flexibility index (Phi) is 3.49. The largest absolute Gasteiger partial charge is 0.392 e. The summed E-state index contributed by atoms with van der Waals surface area (Å²) < 4.78 is 3.30. The lowest BCUT2D eigenvalue weighted by Crippen LogP contribution is -2.13. The first-order valence-electron chi connectivity index (χ1n) is 4.60. The van der Waals surface area contributed by atoms with Crippen LogP contribution in [0.1, 0.15) is 6.42 Å². The predicted molar refractivity (Wildman–Crippen MR) is 62.2 cm³/mol. The van der Waals surface area contributed by atoms with Crippen LogP contribution in [0.2, 0.25) is 0 Å². The van der Waals surface area contributed by atoms with Crippen molar-refractivity contribution in [1.82, 2.24) is 4.31 Å². The molecule has 0 aromatic heterocycles. The van der Waals surface area contributed by atoms with Crippen molar-refractivity contribution in [3.63, 3.8) is 0 Å². The van der Waals surface area contributed by atoms with Crippen LogP contribution in [0.25, 0.3) is 0 Å². The fourth-order valence-corrected chi connectivity index (χ4v) is 3.08. The first-order chi connectivity index (χ1) is 6.74. The minimum atomic E-state index is -0.144. The van der Waals surface area contributed by atoms with Crippen molar-refractivity contribution < 1.29 is 5.11 Å². The number of aliphatic hydroxyl groups excluding tert-OH is 1. The zero-order valence-corrected chi connectivity index (χ0v) is 10.1. The summed E-state index contributed by atoms with van der Waals surface area (Å²) in [7, 11) is 0. The monoisotopic (exact) mass is 273 g/mol. The molecule has 0 radical (unpaired) electrons. The zero-order chi connectivity index (χ0) is 9.97. The molecule has 0 amide bonds. The molecule has 1 aromatic carbocycles. The highest BCUT2D eigenvalue weighted by Crippen LogP contribution is 2.28. The molecule has 1 aliphatic heterocycles. The van der Waals surface area contributed by atoms with Gasteiger partial charge in [0, 0.05) is 22.5 Å². The molecular weight excluding hydrogens is 262 g/mol. The molecule has 2 rings (SSSR count). The molecule has 2 nitrogen and oxygen atoms in total. The lowest BCUT2D eigenvalue weighted by atomic mass is 10.3. The van der Waals surface area contributed by atoms with E-state index in [9.17, 15) is 5.11 Å². The number of β-amino-alcohol motifs (C(OH)–C–C–N with tert-alkyl or cyclic N) is 1. The van der Waals surface area contributed by atoms with Crippen LogP contribution in [0.3, 0.4) is 0 Å². The fraction of sp³-hybridized carbons (Fsp3) is 0.400. The summed E-state index contributed by atoms with van der Waals surface area (Å²) in [6.07, 6.45) is 0.746. The Bertz CT molecular complexity index is 321. The number of halogens is 1. The van der Waals surface area contributed by atoms with Crippen LogP contribution in [0.5, 0.6) is 0 Å². The van der Waals surface area contributed by atoms with Crippen LogP contribution in [0.4, 0.5) is 0 Å². The van der Waals surface area contributed by atoms with Crippen molar-refractivity contribution in [1.29, 1.82) is 0 Å². The summed E-state index contributed by atoms with van der Waals surface area (Å²) >= 11 is 5.15. The summed E-state index contributed by atoms with van der Waals surface area (Å²) in [6.45, 7) is 1.75. The first kappa shape index (κ1) is 10.5. The van der Waals surface area contributed by atoms with Gasteiger partial charge in [-0.05, 0) is 36.6 Å². The summed E-state index contributed by atoms with van der Waals surface area (Å²) in [5.41, 5.74) is 0. The van der Waals surface area contributed by atoms with E-state index in [0.717, 1.165) is 24.0 Å². The molecule has 0 saturated carbocycles. The third kappa shape index (κ3) is 2.73. The van der Waals surface area contributed by atoms with Crippen molar-refractivity contribution in [2.75, 3.05) is 13.1 Å². The zero-order valence-electron chi connectivity index (χ0n) is 7.69. The van der Waals surface area contributed by atoms with Gasteiger partial charge < -0.3 is 5.11 Å². The molecule has 14 heavy (non-hydrogen) atoms. The molecule has 76 valence electrons. The third-order valence-electron chi connectivity index (χ3n) is 2.16. The smallest absolute Gasteiger partial charge is 0.0689 e. The molecule has 1 N–H and O–H groups in total. The third-order valence-corrected chi connectivity index (χ3v) is 3.70. The maximum absolute atomic E-state index is 9.37. The van der Waals surface area contributed by atoms with Gasteiger partial charge in [0.1, 0.15) is 0 Å². The van der Waals surface area contributed by atoms with E-state index in [4.69, 9.17) is 0 Å². The molecule has 1 atom stereocenters. The average Bonchev–Trinajstić information content (AvgIpc) is 2.51. The van der Waals surface area contributed by atoms with Gasteiger partial charge in [0.25, 0.3) is 0 Å². The summed E-state index contributed by atoms with van der Waals surface area (Å²) in [5, 5.41) is 9.37. The van der Waals surface area contributed by atoms with Gasteiger partial charge in [-0.2, -0.15) is 0 Å². The molecule has 1 aromatic rings. The summed E-state index contributed by atoms with van der Waals surface area (Å²) in [6, 6.07) is 8.22. The molecule has 1 heterocycles. The Morgan fingerprint density at radius 2 is 2.36 bits per heavy atom. The van der Waals surface area contributed by atoms with Crippen LogP contribution in [0, 0.1) is 0 Å². The van der Waals surface area contributed by atoms with Gasteiger partial charge in [0.15, 0.2) is 0 Å². The summed E-state index contributed by atoms with van der Waals surface area (Å²) in [4.78, 5) is 1.22. The maximum atomic E-state index is 9.37.